The van der Waals surface area contributed by atoms with Gasteiger partial charge in [-0.1, -0.05) is 52.0 Å². The molecule has 384 valence electrons. The number of nitro benzene ring substituents is 1. The number of amides is 1. The van der Waals surface area contributed by atoms with Gasteiger partial charge in [-0.15, -0.1) is 0 Å². The molecule has 2 aromatic heterocycles. The van der Waals surface area contributed by atoms with Crippen molar-refractivity contribution in [3.63, 3.8) is 0 Å². The van der Waals surface area contributed by atoms with Gasteiger partial charge in [0.2, 0.25) is 0 Å². The summed E-state index contributed by atoms with van der Waals surface area (Å²) >= 11 is 0. The maximum absolute atomic E-state index is 14.4. The van der Waals surface area contributed by atoms with Crippen LogP contribution < -0.4 is 29.1 Å². The lowest BCUT2D eigenvalue weighted by molar-refractivity contribution is -0.384. The Labute approximate surface area is 422 Å². The van der Waals surface area contributed by atoms with Crippen LogP contribution >= 0.6 is 0 Å². The number of methoxy groups -OCH3 is 1. The van der Waals surface area contributed by atoms with Crippen LogP contribution in [0.4, 0.5) is 17.1 Å². The number of hydrogen-bond donors (Lipinski definition) is 3. The lowest BCUT2D eigenvalue weighted by Crippen LogP contribution is -2.54. The molecule has 1 amide bonds. The number of carbonyl (C=O) groups excluding carboxylic acids is 1. The number of likely N-dealkylation sites (tertiary alicyclic amines) is 1. The lowest BCUT2D eigenvalue weighted by atomic mass is 9.59. The standard InChI is InChI=1S/C55H69N7O9S/c1-35(2)42-9-6-7-10-43(42)45-11-8-22-61(45)40-32-55(33-40)19-23-60(24-20-55)39-12-13-44(47(29-39)71-49-28-37-16-21-56-51(37)58-53(49)69-26-25-68-5)52(63)59-72(66,67)41-30-46(62(64)65)50-48(31-41)70-34-38(57-50)27-36-14-17-54(3,4)18-15-36/h6-7,9-10,12-13,16,21,28-31,35-36,38,40,45,57H,8,11,14-15,17-20,22-27,32-34H2,1-5H3,(H,56,58)(H,59,63)/t38-,45+/m0/s1. The molecular formula is C55H69N7O9S. The van der Waals surface area contributed by atoms with Gasteiger partial charge in [0.1, 0.15) is 24.6 Å². The topological polar surface area (TPSA) is 190 Å². The molecule has 0 unspecified atom stereocenters. The van der Waals surface area contributed by atoms with E-state index < -0.39 is 31.4 Å². The number of carbonyl (C=O) groups is 1. The number of rotatable bonds is 16. The fourth-order valence-electron chi connectivity index (χ4n) is 12.2. The van der Waals surface area contributed by atoms with Crippen LogP contribution in [0.2, 0.25) is 0 Å². The van der Waals surface area contributed by atoms with E-state index in [-0.39, 0.29) is 65.7 Å². The van der Waals surface area contributed by atoms with Crippen molar-refractivity contribution in [1.29, 1.82) is 0 Å². The van der Waals surface area contributed by atoms with E-state index in [0.29, 0.717) is 35.0 Å². The zero-order valence-corrected chi connectivity index (χ0v) is 43.0. The molecule has 4 fully saturated rings. The van der Waals surface area contributed by atoms with Crippen molar-refractivity contribution in [2.24, 2.45) is 16.7 Å². The molecule has 72 heavy (non-hydrogen) atoms. The lowest BCUT2D eigenvalue weighted by Gasteiger charge is -2.56. The summed E-state index contributed by atoms with van der Waals surface area (Å²) in [6, 6.07) is 20.8. The molecule has 5 heterocycles. The molecule has 1 spiro atoms. The minimum atomic E-state index is -4.69. The van der Waals surface area contributed by atoms with Crippen LogP contribution in [-0.2, 0) is 14.8 Å². The Morgan fingerprint density at radius 3 is 2.50 bits per heavy atom. The molecule has 2 saturated carbocycles. The molecule has 3 aliphatic heterocycles. The van der Waals surface area contributed by atoms with Gasteiger partial charge < -0.3 is 34.1 Å². The Kier molecular flexibility index (Phi) is 13.9. The van der Waals surface area contributed by atoms with Crippen molar-refractivity contribution in [2.75, 3.05) is 56.8 Å². The summed E-state index contributed by atoms with van der Waals surface area (Å²) in [6.45, 7) is 12.6. The zero-order chi connectivity index (χ0) is 50.4. The van der Waals surface area contributed by atoms with E-state index in [4.69, 9.17) is 18.9 Å². The SMILES string of the molecule is COCCOc1nc2[nH]ccc2cc1Oc1cc(N2CCC3(CC2)CC(N2CCC[C@@H]2c2ccccc2C(C)C)C3)ccc1C(=O)NS(=O)(=O)c1cc2c(c([N+](=O)[O-])c1)N[C@@H](CC1CCC(C)(C)CC1)CO2. The van der Waals surface area contributed by atoms with Crippen LogP contribution in [0.1, 0.15) is 132 Å². The second-order valence-electron chi connectivity index (χ2n) is 22.1. The van der Waals surface area contributed by atoms with Crippen molar-refractivity contribution in [2.45, 2.75) is 127 Å². The molecule has 3 aromatic carbocycles. The highest BCUT2D eigenvalue weighted by Gasteiger charge is 2.50. The Morgan fingerprint density at radius 1 is 0.972 bits per heavy atom. The number of aromatic nitrogens is 2. The molecule has 2 aliphatic carbocycles. The molecule has 17 heteroatoms. The highest BCUT2D eigenvalue weighted by Crippen LogP contribution is 2.54. The average Bonchev–Trinajstić information content (AvgIpc) is 4.03. The fourth-order valence-corrected chi connectivity index (χ4v) is 13.2. The highest BCUT2D eigenvalue weighted by atomic mass is 32.2. The summed E-state index contributed by atoms with van der Waals surface area (Å²) in [4.78, 5) is 38.6. The summed E-state index contributed by atoms with van der Waals surface area (Å²) in [5.41, 5.74) is 4.51. The predicted octanol–water partition coefficient (Wildman–Crippen LogP) is 10.9. The number of sulfonamides is 1. The number of hydrogen-bond acceptors (Lipinski definition) is 13. The van der Waals surface area contributed by atoms with E-state index in [9.17, 15) is 23.3 Å². The van der Waals surface area contributed by atoms with Crippen LogP contribution in [0.25, 0.3) is 11.0 Å². The molecule has 5 aromatic rings. The Morgan fingerprint density at radius 2 is 1.75 bits per heavy atom. The van der Waals surface area contributed by atoms with E-state index >= 15 is 0 Å². The molecule has 2 atom stereocenters. The van der Waals surface area contributed by atoms with Crippen LogP contribution in [0, 0.1) is 26.9 Å². The summed E-state index contributed by atoms with van der Waals surface area (Å²) in [7, 11) is -3.13. The third-order valence-corrected chi connectivity index (χ3v) is 17.7. The molecule has 10 rings (SSSR count). The van der Waals surface area contributed by atoms with E-state index in [1.165, 1.54) is 42.9 Å². The van der Waals surface area contributed by atoms with Gasteiger partial charge in [0.15, 0.2) is 17.2 Å². The fraction of sp³-hybridized carbons (Fsp3) is 0.527. The number of aromatic amines is 1. The Hall–Kier alpha value is -5.91. The molecule has 0 radical (unpaired) electrons. The van der Waals surface area contributed by atoms with Gasteiger partial charge in [0.05, 0.1) is 28.0 Å². The number of benzene rings is 3. The predicted molar refractivity (Wildman–Crippen MR) is 277 cm³/mol. The first kappa shape index (κ1) is 49.7. The third-order valence-electron chi connectivity index (χ3n) is 16.3. The quantitative estimate of drug-likeness (QED) is 0.0481. The number of pyridine rings is 1. The Balaban J connectivity index is 0.880. The number of ether oxygens (including phenoxy) is 4. The third kappa shape index (κ3) is 10.3. The average molecular weight is 1000 g/mol. The largest absolute Gasteiger partial charge is 0.489 e. The highest BCUT2D eigenvalue weighted by molar-refractivity contribution is 7.90. The van der Waals surface area contributed by atoms with E-state index in [0.717, 1.165) is 81.7 Å². The summed E-state index contributed by atoms with van der Waals surface area (Å²) in [6.07, 6.45) is 13.7. The first-order valence-corrected chi connectivity index (χ1v) is 27.4. The summed E-state index contributed by atoms with van der Waals surface area (Å²) in [5.74, 6) is 0.430. The number of fused-ring (bicyclic) bond motifs is 2. The summed E-state index contributed by atoms with van der Waals surface area (Å²) < 4.78 is 54.4. The molecule has 0 bridgehead atoms. The van der Waals surface area contributed by atoms with Crippen LogP contribution in [-0.4, -0.2) is 92.8 Å². The smallest absolute Gasteiger partial charge is 0.297 e. The van der Waals surface area contributed by atoms with Gasteiger partial charge in [-0.2, -0.15) is 4.98 Å². The molecule has 16 nitrogen and oxygen atoms in total. The number of nitrogens with one attached hydrogen (secondary N) is 3. The van der Waals surface area contributed by atoms with Gasteiger partial charge in [0.25, 0.3) is 27.5 Å². The number of anilines is 2. The second-order valence-corrected chi connectivity index (χ2v) is 23.7. The maximum Gasteiger partial charge on any atom is 0.297 e. The van der Waals surface area contributed by atoms with Crippen molar-refractivity contribution >= 4 is 44.0 Å². The van der Waals surface area contributed by atoms with E-state index in [1.807, 2.05) is 12.1 Å². The van der Waals surface area contributed by atoms with Crippen molar-refractivity contribution in [3.8, 4) is 23.1 Å². The van der Waals surface area contributed by atoms with Crippen molar-refractivity contribution in [3.05, 3.63) is 99.7 Å². The molecule has 3 N–H and O–H groups in total. The number of nitrogens with zero attached hydrogens (tertiary/aromatic N) is 4. The first-order chi connectivity index (χ1) is 34.6. The normalized spacial score (nSPS) is 21.2. The Bertz CT molecular complexity index is 2910. The van der Waals surface area contributed by atoms with Crippen LogP contribution in [0.3, 0.4) is 0 Å². The minimum absolute atomic E-state index is 0.0356. The summed E-state index contributed by atoms with van der Waals surface area (Å²) in [5, 5.41) is 16.5. The van der Waals surface area contributed by atoms with E-state index in [2.05, 4.69) is 81.8 Å². The van der Waals surface area contributed by atoms with Gasteiger partial charge in [-0.25, -0.2) is 13.1 Å². The molecule has 2 saturated heterocycles. The van der Waals surface area contributed by atoms with Crippen LogP contribution in [0.5, 0.6) is 23.1 Å². The second kappa shape index (κ2) is 20.2. The van der Waals surface area contributed by atoms with Crippen LogP contribution in [0.15, 0.2) is 77.8 Å². The minimum Gasteiger partial charge on any atom is -0.489 e. The number of H-pyrrole nitrogens is 1. The molecule has 5 aliphatic rings. The van der Waals surface area contributed by atoms with Crippen molar-refractivity contribution < 1.29 is 37.1 Å². The van der Waals surface area contributed by atoms with E-state index in [1.54, 1.807) is 31.5 Å². The van der Waals surface area contributed by atoms with Gasteiger partial charge in [-0.05, 0) is 135 Å². The van der Waals surface area contributed by atoms with Gasteiger partial charge >= 0.3 is 0 Å². The first-order valence-electron chi connectivity index (χ1n) is 25.9. The zero-order valence-electron chi connectivity index (χ0n) is 42.2. The maximum atomic E-state index is 14.4. The number of piperidine rings is 1. The number of nitro groups is 1. The van der Waals surface area contributed by atoms with Gasteiger partial charge in [0, 0.05) is 67.8 Å². The van der Waals surface area contributed by atoms with Crippen molar-refractivity contribution in [1.82, 2.24) is 19.6 Å². The molecular weight excluding hydrogens is 935 g/mol. The van der Waals surface area contributed by atoms with Gasteiger partial charge in [-0.3, -0.25) is 19.8 Å². The monoisotopic (exact) mass is 1000 g/mol.